The summed E-state index contributed by atoms with van der Waals surface area (Å²) in [5.41, 5.74) is 0. The average molecular weight is 368 g/mol. The zero-order valence-electron chi connectivity index (χ0n) is 14.2. The summed E-state index contributed by atoms with van der Waals surface area (Å²) in [6.45, 7) is 0.334. The third kappa shape index (κ3) is 9.70. The van der Waals surface area contributed by atoms with Gasteiger partial charge in [0, 0.05) is 6.07 Å². The Balaban J connectivity index is 0.000000263. The highest BCUT2D eigenvalue weighted by Crippen LogP contribution is 2.19. The predicted octanol–water partition coefficient (Wildman–Crippen LogP) is 0.510. The summed E-state index contributed by atoms with van der Waals surface area (Å²) < 4.78 is 15.3. The van der Waals surface area contributed by atoms with Crippen molar-refractivity contribution in [2.45, 2.75) is 6.29 Å². The summed E-state index contributed by atoms with van der Waals surface area (Å²) in [6.07, 6.45) is -1.47. The minimum Gasteiger partial charge on any atom is -0.508 e. The summed E-state index contributed by atoms with van der Waals surface area (Å²) in [7, 11) is 0. The molecule has 8 nitrogen and oxygen atoms in total. The van der Waals surface area contributed by atoms with Crippen molar-refractivity contribution in [2.24, 2.45) is 0 Å². The Labute approximate surface area is 151 Å². The van der Waals surface area contributed by atoms with Crippen LogP contribution in [0.1, 0.15) is 0 Å². The van der Waals surface area contributed by atoms with Crippen LogP contribution in [0.25, 0.3) is 0 Å². The van der Waals surface area contributed by atoms with Gasteiger partial charge in [-0.1, -0.05) is 6.07 Å². The largest absolute Gasteiger partial charge is 0.508 e. The second-order valence-electron chi connectivity index (χ2n) is 4.90. The molecular weight excluding hydrogens is 344 g/mol. The Kier molecular flexibility index (Phi) is 10.6. The van der Waals surface area contributed by atoms with Crippen molar-refractivity contribution in [3.63, 3.8) is 0 Å². The monoisotopic (exact) mass is 368 g/mol. The smallest absolute Gasteiger partial charge is 0.186 e. The van der Waals surface area contributed by atoms with Gasteiger partial charge in [0.2, 0.25) is 0 Å². The zero-order chi connectivity index (χ0) is 19.2. The van der Waals surface area contributed by atoms with E-state index in [9.17, 15) is 0 Å². The zero-order valence-corrected chi connectivity index (χ0v) is 14.2. The van der Waals surface area contributed by atoms with Crippen LogP contribution in [0.4, 0.5) is 0 Å². The van der Waals surface area contributed by atoms with Crippen molar-refractivity contribution in [1.82, 2.24) is 0 Å². The van der Waals surface area contributed by atoms with Gasteiger partial charge < -0.3 is 39.7 Å². The first kappa shape index (κ1) is 21.5. The van der Waals surface area contributed by atoms with Crippen LogP contribution < -0.4 is 14.2 Å². The molecule has 0 heterocycles. The van der Waals surface area contributed by atoms with Gasteiger partial charge in [-0.3, -0.25) is 0 Å². The van der Waals surface area contributed by atoms with Crippen molar-refractivity contribution >= 4 is 0 Å². The van der Waals surface area contributed by atoms with Gasteiger partial charge in [0.1, 0.15) is 42.8 Å². The van der Waals surface area contributed by atoms with E-state index in [4.69, 9.17) is 39.7 Å². The Morgan fingerprint density at radius 3 is 1.73 bits per heavy atom. The normalized spacial score (nSPS) is 10.0. The van der Waals surface area contributed by atoms with E-state index in [0.29, 0.717) is 17.2 Å². The standard InChI is InChI=1S/C10H14O4.C8H10O4/c11-4-6-13-9-2-1-3-10(8-9)14-7-5-12;9-6-1-3-7(4-2-6)12-5-8(10)11/h1-3,8,11-12H,4-7H2;1-4,8-11H,5H2. The van der Waals surface area contributed by atoms with E-state index in [2.05, 4.69) is 0 Å². The van der Waals surface area contributed by atoms with Gasteiger partial charge >= 0.3 is 0 Å². The topological polar surface area (TPSA) is 129 Å². The second kappa shape index (κ2) is 12.8. The molecule has 2 rings (SSSR count). The Hall–Kier alpha value is -2.52. The molecule has 0 aromatic heterocycles. The molecule has 8 heteroatoms. The van der Waals surface area contributed by atoms with E-state index in [0.717, 1.165) is 0 Å². The molecule has 144 valence electrons. The highest BCUT2D eigenvalue weighted by atomic mass is 16.5. The van der Waals surface area contributed by atoms with Crippen molar-refractivity contribution in [3.05, 3.63) is 48.5 Å². The first-order chi connectivity index (χ1) is 12.5. The van der Waals surface area contributed by atoms with Crippen LogP contribution in [-0.4, -0.2) is 64.9 Å². The fraction of sp³-hybridized carbons (Fsp3) is 0.333. The highest BCUT2D eigenvalue weighted by molar-refractivity contribution is 5.33. The third-order valence-electron chi connectivity index (χ3n) is 2.76. The number of phenolic OH excluding ortho intramolecular Hbond substituents is 1. The molecule has 2 aromatic carbocycles. The molecule has 0 atom stereocenters. The fourth-order valence-electron chi connectivity index (χ4n) is 1.69. The number of benzene rings is 2. The molecule has 0 saturated carbocycles. The highest BCUT2D eigenvalue weighted by Gasteiger charge is 1.98. The predicted molar refractivity (Wildman–Crippen MR) is 93.4 cm³/mol. The lowest BCUT2D eigenvalue weighted by molar-refractivity contribution is -0.0680. The van der Waals surface area contributed by atoms with Gasteiger partial charge in [0.05, 0.1) is 13.2 Å². The van der Waals surface area contributed by atoms with Gasteiger partial charge in [-0.2, -0.15) is 0 Å². The first-order valence-corrected chi connectivity index (χ1v) is 7.90. The van der Waals surface area contributed by atoms with Crippen molar-refractivity contribution in [3.8, 4) is 23.0 Å². The molecule has 0 fully saturated rings. The van der Waals surface area contributed by atoms with Crippen LogP contribution in [0.15, 0.2) is 48.5 Å². The SMILES string of the molecule is OCCOc1cccc(OCCO)c1.Oc1ccc(OCC(O)O)cc1. The Morgan fingerprint density at radius 1 is 0.731 bits per heavy atom. The molecule has 0 amide bonds. The summed E-state index contributed by atoms with van der Waals surface area (Å²) in [5.74, 6) is 1.93. The van der Waals surface area contributed by atoms with Crippen LogP contribution in [0, 0.1) is 0 Å². The van der Waals surface area contributed by atoms with Gasteiger partial charge in [0.15, 0.2) is 6.29 Å². The quantitative estimate of drug-likeness (QED) is 0.405. The molecule has 0 aliphatic carbocycles. The molecule has 0 spiro atoms. The van der Waals surface area contributed by atoms with Crippen LogP contribution in [0.3, 0.4) is 0 Å². The molecule has 0 aliphatic heterocycles. The number of rotatable bonds is 9. The molecular formula is C18H24O8. The van der Waals surface area contributed by atoms with Crippen LogP contribution in [-0.2, 0) is 0 Å². The maximum atomic E-state index is 8.88. The number of ether oxygens (including phenoxy) is 3. The van der Waals surface area contributed by atoms with Gasteiger partial charge in [-0.15, -0.1) is 0 Å². The van der Waals surface area contributed by atoms with Crippen LogP contribution in [0.2, 0.25) is 0 Å². The molecule has 0 radical (unpaired) electrons. The van der Waals surface area contributed by atoms with E-state index in [-0.39, 0.29) is 38.8 Å². The lowest BCUT2D eigenvalue weighted by Crippen LogP contribution is -2.15. The fourth-order valence-corrected chi connectivity index (χ4v) is 1.69. The third-order valence-corrected chi connectivity index (χ3v) is 2.76. The Morgan fingerprint density at radius 2 is 1.27 bits per heavy atom. The minimum atomic E-state index is -1.47. The first-order valence-electron chi connectivity index (χ1n) is 7.90. The van der Waals surface area contributed by atoms with Crippen molar-refractivity contribution < 1.29 is 39.7 Å². The molecule has 0 unspecified atom stereocenters. The van der Waals surface area contributed by atoms with Crippen molar-refractivity contribution in [2.75, 3.05) is 33.0 Å². The summed E-state index contributed by atoms with van der Waals surface area (Å²) in [5, 5.41) is 42.9. The average Bonchev–Trinajstić information content (AvgIpc) is 2.65. The molecule has 2 aromatic rings. The van der Waals surface area contributed by atoms with E-state index in [1.165, 1.54) is 24.3 Å². The number of aliphatic hydroxyl groups is 4. The molecule has 0 aliphatic rings. The van der Waals surface area contributed by atoms with Gasteiger partial charge in [0.25, 0.3) is 0 Å². The van der Waals surface area contributed by atoms with E-state index in [1.807, 2.05) is 0 Å². The van der Waals surface area contributed by atoms with Crippen LogP contribution in [0.5, 0.6) is 23.0 Å². The van der Waals surface area contributed by atoms with Crippen molar-refractivity contribution in [1.29, 1.82) is 0 Å². The maximum absolute atomic E-state index is 8.88. The maximum Gasteiger partial charge on any atom is 0.186 e. The van der Waals surface area contributed by atoms with Gasteiger partial charge in [-0.25, -0.2) is 0 Å². The molecule has 0 saturated heterocycles. The lowest BCUT2D eigenvalue weighted by atomic mass is 10.3. The lowest BCUT2D eigenvalue weighted by Gasteiger charge is -2.07. The summed E-state index contributed by atoms with van der Waals surface area (Å²) >= 11 is 0. The minimum absolute atomic E-state index is 0.0122. The van der Waals surface area contributed by atoms with Crippen LogP contribution >= 0.6 is 0 Å². The molecule has 5 N–H and O–H groups in total. The second-order valence-corrected chi connectivity index (χ2v) is 4.90. The molecule has 0 bridgehead atoms. The number of aliphatic hydroxyl groups excluding tert-OH is 3. The van der Waals surface area contributed by atoms with Gasteiger partial charge in [-0.05, 0) is 36.4 Å². The number of hydrogen-bond donors (Lipinski definition) is 5. The number of phenols is 1. The number of hydrogen-bond acceptors (Lipinski definition) is 8. The van der Waals surface area contributed by atoms with E-state index in [1.54, 1.807) is 24.3 Å². The van der Waals surface area contributed by atoms with E-state index >= 15 is 0 Å². The Bertz CT molecular complexity index is 577. The molecule has 26 heavy (non-hydrogen) atoms. The number of aromatic hydroxyl groups is 1. The van der Waals surface area contributed by atoms with E-state index < -0.39 is 6.29 Å². The summed E-state index contributed by atoms with van der Waals surface area (Å²) in [6, 6.07) is 13.1. The summed E-state index contributed by atoms with van der Waals surface area (Å²) in [4.78, 5) is 0.